The molecule has 1 heterocycles. The molecule has 0 N–H and O–H groups in total. The van der Waals surface area contributed by atoms with Crippen molar-refractivity contribution in [3.8, 4) is 0 Å². The molecule has 0 saturated carbocycles. The smallest absolute Gasteiger partial charge is 0.0717 e. The molecule has 1 aromatic heterocycles. The lowest BCUT2D eigenvalue weighted by molar-refractivity contribution is 1.22. The average Bonchev–Trinajstić information content (AvgIpc) is 2.74. The largest absolute Gasteiger partial charge is 0.252 e. The lowest BCUT2D eigenvalue weighted by atomic mass is 9.87. The van der Waals surface area contributed by atoms with Crippen LogP contribution < -0.4 is 0 Å². The third kappa shape index (κ3) is 3.73. The third-order valence-corrected chi connectivity index (χ3v) is 4.46. The Bertz CT molecular complexity index is 1010. The first-order chi connectivity index (χ1) is 13.3. The maximum absolute atomic E-state index is 6.02. The second kappa shape index (κ2) is 7.84. The van der Waals surface area contributed by atoms with Gasteiger partial charge in [-0.3, -0.25) is 4.98 Å². The highest BCUT2D eigenvalue weighted by Gasteiger charge is 2.16. The Hall–Kier alpha value is -3.45. The molecule has 0 atom stereocenters. The fourth-order valence-electron chi connectivity index (χ4n) is 3.28. The highest BCUT2D eigenvalue weighted by Crippen LogP contribution is 2.35. The molecular formula is C26H19N. The van der Waals surface area contributed by atoms with Gasteiger partial charge in [-0.2, -0.15) is 0 Å². The number of hydrogen-bond acceptors (Lipinski definition) is 1. The topological polar surface area (TPSA) is 12.9 Å². The zero-order valence-electron chi connectivity index (χ0n) is 14.9. The Balaban J connectivity index is 2.10. The van der Waals surface area contributed by atoms with Gasteiger partial charge >= 0.3 is 0 Å². The molecule has 128 valence electrons. The number of nitrogens with zero attached hydrogens (tertiary/aromatic N) is 1. The molecule has 0 aliphatic rings. The number of benzene rings is 3. The maximum Gasteiger partial charge on any atom is 0.0717 e. The van der Waals surface area contributed by atoms with E-state index in [0.717, 1.165) is 33.5 Å². The van der Waals surface area contributed by atoms with Crippen LogP contribution in [0.5, 0.6) is 0 Å². The summed E-state index contributed by atoms with van der Waals surface area (Å²) in [5.41, 5.74) is 6.99. The fraction of sp³-hybridized carbons (Fsp3) is 0. The van der Waals surface area contributed by atoms with Gasteiger partial charge in [-0.15, -0.1) is 0 Å². The average molecular weight is 345 g/mol. The summed E-state index contributed by atoms with van der Waals surface area (Å²) in [5.74, 6) is 0. The summed E-state index contributed by atoms with van der Waals surface area (Å²) in [6.07, 6.45) is 0. The molecule has 0 spiro atoms. The quantitative estimate of drug-likeness (QED) is 0.404. The van der Waals surface area contributed by atoms with Crippen LogP contribution in [0.4, 0.5) is 0 Å². The lowest BCUT2D eigenvalue weighted by Gasteiger charge is -2.17. The highest BCUT2D eigenvalue weighted by molar-refractivity contribution is 6.03. The molecule has 27 heavy (non-hydrogen) atoms. The fourth-order valence-corrected chi connectivity index (χ4v) is 3.28. The molecule has 0 bridgehead atoms. The molecule has 0 amide bonds. The molecule has 1 nitrogen and oxygen atoms in total. The van der Waals surface area contributed by atoms with Crippen molar-refractivity contribution >= 4 is 11.1 Å². The van der Waals surface area contributed by atoms with Crippen LogP contribution in [0.3, 0.4) is 0 Å². The predicted octanol–water partition coefficient (Wildman–Crippen LogP) is 6.15. The first-order valence-electron chi connectivity index (χ1n) is 8.96. The van der Waals surface area contributed by atoms with E-state index in [-0.39, 0.29) is 0 Å². The van der Waals surface area contributed by atoms with Gasteiger partial charge in [-0.05, 0) is 34.4 Å². The van der Waals surface area contributed by atoms with Crippen LogP contribution in [0.1, 0.15) is 28.1 Å². The minimum atomic E-state index is 0.515. The minimum Gasteiger partial charge on any atom is -0.252 e. The van der Waals surface area contributed by atoms with Crippen molar-refractivity contribution in [2.24, 2.45) is 0 Å². The van der Waals surface area contributed by atoms with Crippen LogP contribution in [0.25, 0.3) is 11.1 Å². The summed E-state index contributed by atoms with van der Waals surface area (Å²) >= 11 is 0. The Kier molecular flexibility index (Phi) is 4.93. The van der Waals surface area contributed by atoms with Gasteiger partial charge in [0.1, 0.15) is 0 Å². The van der Waals surface area contributed by atoms with Crippen LogP contribution in [0, 0.1) is 6.92 Å². The van der Waals surface area contributed by atoms with Gasteiger partial charge in [-0.1, -0.05) is 97.1 Å². The van der Waals surface area contributed by atoms with Crippen LogP contribution in [-0.2, 0) is 0 Å². The van der Waals surface area contributed by atoms with Crippen LogP contribution in [0.15, 0.2) is 109 Å². The van der Waals surface area contributed by atoms with Gasteiger partial charge in [0.05, 0.1) is 5.69 Å². The molecule has 0 aliphatic carbocycles. The van der Waals surface area contributed by atoms with Crippen molar-refractivity contribution in [1.29, 1.82) is 0 Å². The second-order valence-corrected chi connectivity index (χ2v) is 6.30. The van der Waals surface area contributed by atoms with E-state index in [1.807, 2.05) is 36.4 Å². The van der Waals surface area contributed by atoms with Crippen molar-refractivity contribution in [2.75, 3.05) is 0 Å². The Labute approximate surface area is 160 Å². The number of aromatic nitrogens is 1. The number of rotatable bonds is 4. The van der Waals surface area contributed by atoms with Crippen LogP contribution in [0.2, 0.25) is 0 Å². The van der Waals surface area contributed by atoms with Gasteiger partial charge in [-0.25, -0.2) is 0 Å². The van der Waals surface area contributed by atoms with E-state index in [1.165, 1.54) is 0 Å². The molecule has 0 fully saturated rings. The summed E-state index contributed by atoms with van der Waals surface area (Å²) < 4.78 is 0. The van der Waals surface area contributed by atoms with Crippen LogP contribution in [-0.4, -0.2) is 4.98 Å². The first-order valence-corrected chi connectivity index (χ1v) is 8.96. The zero-order chi connectivity index (χ0) is 18.5. The molecule has 2 radical (unpaired) electrons. The molecule has 0 unspecified atom stereocenters. The first kappa shape index (κ1) is 17.0. The van der Waals surface area contributed by atoms with E-state index in [4.69, 9.17) is 6.92 Å². The third-order valence-electron chi connectivity index (χ3n) is 4.46. The van der Waals surface area contributed by atoms with Gasteiger partial charge in [0.2, 0.25) is 0 Å². The van der Waals surface area contributed by atoms with Gasteiger partial charge in [0, 0.05) is 18.2 Å². The SMILES string of the molecule is [CH]c1cccc(C(=C(c2ccccc2)c2ccccc2)c2ccccc2)n1. The lowest BCUT2D eigenvalue weighted by Crippen LogP contribution is -2.00. The molecule has 4 aromatic rings. The van der Waals surface area contributed by atoms with E-state index in [0.29, 0.717) is 5.69 Å². The Morgan fingerprint density at radius 1 is 0.481 bits per heavy atom. The molecule has 3 aromatic carbocycles. The van der Waals surface area contributed by atoms with E-state index >= 15 is 0 Å². The van der Waals surface area contributed by atoms with Crippen molar-refractivity contribution in [3.05, 3.63) is 144 Å². The van der Waals surface area contributed by atoms with Gasteiger partial charge in [0.25, 0.3) is 0 Å². The number of pyridine rings is 1. The summed E-state index contributed by atoms with van der Waals surface area (Å²) in [7, 11) is 0. The summed E-state index contributed by atoms with van der Waals surface area (Å²) in [6, 6.07) is 37.0. The van der Waals surface area contributed by atoms with E-state index < -0.39 is 0 Å². The molecular weight excluding hydrogens is 326 g/mol. The van der Waals surface area contributed by atoms with Gasteiger partial charge in [0.15, 0.2) is 0 Å². The summed E-state index contributed by atoms with van der Waals surface area (Å²) in [6.45, 7) is 6.02. The van der Waals surface area contributed by atoms with Crippen LogP contribution >= 0.6 is 0 Å². The zero-order valence-corrected chi connectivity index (χ0v) is 14.9. The Morgan fingerprint density at radius 3 is 1.37 bits per heavy atom. The van der Waals surface area contributed by atoms with E-state index in [2.05, 4.69) is 77.8 Å². The highest BCUT2D eigenvalue weighted by atomic mass is 14.7. The normalized spacial score (nSPS) is 10.4. The summed E-state index contributed by atoms with van der Waals surface area (Å²) in [4.78, 5) is 4.64. The van der Waals surface area contributed by atoms with Crippen molar-refractivity contribution in [2.45, 2.75) is 0 Å². The molecule has 0 saturated heterocycles. The van der Waals surface area contributed by atoms with E-state index in [9.17, 15) is 0 Å². The maximum atomic E-state index is 6.02. The minimum absolute atomic E-state index is 0.515. The van der Waals surface area contributed by atoms with Crippen molar-refractivity contribution < 1.29 is 0 Å². The molecule has 4 rings (SSSR count). The number of hydrogen-bond donors (Lipinski definition) is 0. The van der Waals surface area contributed by atoms with Gasteiger partial charge < -0.3 is 0 Å². The standard InChI is InChI=1S/C26H19N/c1-20-12-11-19-24(27-20)26(23-17-9-4-10-18-23)25(21-13-5-2-6-14-21)22-15-7-3-8-16-22/h1-19H. The van der Waals surface area contributed by atoms with Crippen molar-refractivity contribution in [1.82, 2.24) is 4.98 Å². The molecule has 0 aliphatic heterocycles. The second-order valence-electron chi connectivity index (χ2n) is 6.30. The molecule has 1 heteroatoms. The monoisotopic (exact) mass is 345 g/mol. The predicted molar refractivity (Wildman–Crippen MR) is 112 cm³/mol. The summed E-state index contributed by atoms with van der Waals surface area (Å²) in [5, 5.41) is 0. The van der Waals surface area contributed by atoms with Crippen molar-refractivity contribution in [3.63, 3.8) is 0 Å². The van der Waals surface area contributed by atoms with E-state index in [1.54, 1.807) is 0 Å². The Morgan fingerprint density at radius 2 is 0.926 bits per heavy atom.